The minimum absolute atomic E-state index is 0.150. The molecule has 1 N–H and O–H groups in total. The predicted molar refractivity (Wildman–Crippen MR) is 169 cm³/mol. The van der Waals surface area contributed by atoms with E-state index in [0.29, 0.717) is 37.1 Å². The Morgan fingerprint density at radius 1 is 0.773 bits per heavy atom. The molecule has 0 unspecified atom stereocenters. The molecule has 4 aliphatic rings. The minimum Gasteiger partial charge on any atom is -0.462 e. The Kier molecular flexibility index (Phi) is 8.29. The van der Waals surface area contributed by atoms with E-state index in [1.54, 1.807) is 24.3 Å². The molecule has 7 rings (SSSR count). The Balaban J connectivity index is 1.05. The predicted octanol–water partition coefficient (Wildman–Crippen LogP) is 6.74. The zero-order chi connectivity index (χ0) is 31.1. The van der Waals surface area contributed by atoms with E-state index in [1.165, 1.54) is 4.90 Å². The van der Waals surface area contributed by atoms with Gasteiger partial charge < -0.3 is 10.1 Å². The lowest BCUT2D eigenvalue weighted by Crippen LogP contribution is -2.57. The van der Waals surface area contributed by atoms with Gasteiger partial charge >= 0.3 is 5.97 Å². The van der Waals surface area contributed by atoms with E-state index in [-0.39, 0.29) is 36.7 Å². The summed E-state index contributed by atoms with van der Waals surface area (Å²) in [6.07, 6.45) is 3.85. The maximum absolute atomic E-state index is 13.9. The number of esters is 1. The van der Waals surface area contributed by atoms with Crippen LogP contribution in [0.2, 0.25) is 0 Å². The number of anilines is 1. The molecule has 3 amide bonds. The van der Waals surface area contributed by atoms with E-state index < -0.39 is 21.6 Å². The monoisotopic (exact) mass is 632 g/mol. The molecule has 1 fully saturated rings. The van der Waals surface area contributed by atoms with Crippen LogP contribution in [0.4, 0.5) is 5.69 Å². The van der Waals surface area contributed by atoms with Gasteiger partial charge in [-0.25, -0.2) is 4.79 Å². The smallest absolute Gasteiger partial charge is 0.338 e. The second-order valence-corrected chi connectivity index (χ2v) is 12.9. The fourth-order valence-corrected chi connectivity index (χ4v) is 8.08. The van der Waals surface area contributed by atoms with Crippen LogP contribution in [-0.2, 0) is 28.9 Å². The first-order chi connectivity index (χ1) is 21.2. The number of nitrogens with one attached hydrogen (secondary N) is 1. The SMILES string of the molecule is CCCCOC(=O)c1ccc(NC(=O)CCCCCN2C(=O)[C@@H]3[C@@H](C2=O)C2(Cl)c4ccccc4C3(Cl)c3ccccc32)cc1. The van der Waals surface area contributed by atoms with Gasteiger partial charge in [-0.3, -0.25) is 19.3 Å². The quantitative estimate of drug-likeness (QED) is 0.109. The summed E-state index contributed by atoms with van der Waals surface area (Å²) in [6, 6.07) is 21.8. The Bertz CT molecular complexity index is 1500. The number of hydrogen-bond donors (Lipinski definition) is 1. The molecule has 7 nitrogen and oxygen atoms in total. The van der Waals surface area contributed by atoms with Crippen LogP contribution >= 0.6 is 23.2 Å². The van der Waals surface area contributed by atoms with Crippen LogP contribution < -0.4 is 5.32 Å². The van der Waals surface area contributed by atoms with Gasteiger partial charge in [0, 0.05) is 18.7 Å². The first-order valence-corrected chi connectivity index (χ1v) is 16.0. The van der Waals surface area contributed by atoms with E-state index in [9.17, 15) is 19.2 Å². The molecular formula is C35H34Cl2N2O5. The molecule has 228 valence electrons. The summed E-state index contributed by atoms with van der Waals surface area (Å²) >= 11 is 14.9. The number of benzene rings is 3. The minimum atomic E-state index is -1.18. The zero-order valence-corrected chi connectivity index (χ0v) is 26.0. The number of nitrogens with zero attached hydrogens (tertiary/aromatic N) is 1. The highest BCUT2D eigenvalue weighted by molar-refractivity contribution is 6.36. The van der Waals surface area contributed by atoms with Gasteiger partial charge in [-0.1, -0.05) is 68.3 Å². The molecule has 2 atom stereocenters. The molecule has 3 aromatic carbocycles. The summed E-state index contributed by atoms with van der Waals surface area (Å²) in [6.45, 7) is 2.66. The molecule has 3 aliphatic carbocycles. The molecule has 2 bridgehead atoms. The van der Waals surface area contributed by atoms with Crippen molar-refractivity contribution in [1.82, 2.24) is 4.90 Å². The van der Waals surface area contributed by atoms with Gasteiger partial charge in [0.05, 0.1) is 24.0 Å². The van der Waals surface area contributed by atoms with Crippen molar-refractivity contribution in [2.24, 2.45) is 11.8 Å². The lowest BCUT2D eigenvalue weighted by Gasteiger charge is -2.54. The first kappa shape index (κ1) is 30.4. The lowest BCUT2D eigenvalue weighted by atomic mass is 9.54. The van der Waals surface area contributed by atoms with Crippen LogP contribution in [0.1, 0.15) is 78.1 Å². The summed E-state index contributed by atoms with van der Waals surface area (Å²) in [5.41, 5.74) is 4.17. The maximum atomic E-state index is 13.9. The van der Waals surface area contributed by atoms with Crippen molar-refractivity contribution in [1.29, 1.82) is 0 Å². The van der Waals surface area contributed by atoms with Crippen molar-refractivity contribution in [2.75, 3.05) is 18.5 Å². The van der Waals surface area contributed by atoms with E-state index in [1.807, 2.05) is 55.5 Å². The number of carbonyl (C=O) groups excluding carboxylic acids is 4. The molecule has 1 heterocycles. The molecule has 3 aromatic rings. The van der Waals surface area contributed by atoms with E-state index in [0.717, 1.165) is 35.1 Å². The van der Waals surface area contributed by atoms with Gasteiger partial charge in [-0.15, -0.1) is 23.2 Å². The number of carbonyl (C=O) groups is 4. The summed E-state index contributed by atoms with van der Waals surface area (Å²) < 4.78 is 5.21. The molecule has 0 aromatic heterocycles. The van der Waals surface area contributed by atoms with E-state index >= 15 is 0 Å². The van der Waals surface area contributed by atoms with Crippen LogP contribution in [0.15, 0.2) is 72.8 Å². The number of likely N-dealkylation sites (tertiary alicyclic amines) is 1. The molecule has 0 radical (unpaired) electrons. The summed E-state index contributed by atoms with van der Waals surface area (Å²) in [7, 11) is 0. The topological polar surface area (TPSA) is 92.8 Å². The summed E-state index contributed by atoms with van der Waals surface area (Å²) in [5, 5.41) is 2.84. The van der Waals surface area contributed by atoms with Crippen molar-refractivity contribution in [3.05, 3.63) is 101 Å². The van der Waals surface area contributed by atoms with Crippen molar-refractivity contribution < 1.29 is 23.9 Å². The number of unbranched alkanes of at least 4 members (excludes halogenated alkanes) is 3. The molecule has 0 saturated carbocycles. The third-order valence-electron chi connectivity index (χ3n) is 9.10. The third kappa shape index (κ3) is 4.81. The van der Waals surface area contributed by atoms with Gasteiger partial charge in [0.15, 0.2) is 0 Å². The number of halogens is 2. The number of alkyl halides is 2. The Morgan fingerprint density at radius 3 is 1.80 bits per heavy atom. The second-order valence-electron chi connectivity index (χ2n) is 11.7. The van der Waals surface area contributed by atoms with E-state index in [4.69, 9.17) is 27.9 Å². The summed E-state index contributed by atoms with van der Waals surface area (Å²) in [4.78, 5) is 51.3. The molecule has 44 heavy (non-hydrogen) atoms. The normalized spacial score (nSPS) is 24.5. The van der Waals surface area contributed by atoms with Gasteiger partial charge in [-0.2, -0.15) is 0 Å². The van der Waals surface area contributed by atoms with Crippen molar-refractivity contribution in [3.8, 4) is 0 Å². The first-order valence-electron chi connectivity index (χ1n) is 15.2. The number of imide groups is 1. The van der Waals surface area contributed by atoms with Crippen LogP contribution in [0.5, 0.6) is 0 Å². The van der Waals surface area contributed by atoms with Gasteiger partial charge in [-0.05, 0) is 65.8 Å². The number of amides is 3. The maximum Gasteiger partial charge on any atom is 0.338 e. The Morgan fingerprint density at radius 2 is 1.30 bits per heavy atom. The van der Waals surface area contributed by atoms with Gasteiger partial charge in [0.1, 0.15) is 9.75 Å². The second kappa shape index (κ2) is 12.0. The highest BCUT2D eigenvalue weighted by Crippen LogP contribution is 2.69. The average Bonchev–Trinajstić information content (AvgIpc) is 3.30. The molecular weight excluding hydrogens is 599 g/mol. The van der Waals surface area contributed by atoms with Gasteiger partial charge in [0.25, 0.3) is 0 Å². The molecule has 9 heteroatoms. The lowest BCUT2D eigenvalue weighted by molar-refractivity contribution is -0.140. The standard InChI is InChI=1S/C35H34Cl2N2O5/c1-2-3-21-44-33(43)22-16-18-23(19-17-22)38-28(40)15-5-4-10-20-39-31(41)29-30(32(39)42)35(37)25-12-7-6-11-24(25)34(29,36)26-13-8-9-14-27(26)35/h6-9,11-14,16-19,29-30H,2-5,10,15,20-21H2,1H3,(H,38,40)/t29-,30-,34?,35?/m0/s1. The Hall–Kier alpha value is -3.68. The number of ether oxygens (including phenoxy) is 1. The summed E-state index contributed by atoms with van der Waals surface area (Å²) in [5.74, 6) is -2.71. The van der Waals surface area contributed by atoms with Crippen LogP contribution in [0.25, 0.3) is 0 Å². The van der Waals surface area contributed by atoms with Crippen LogP contribution in [0.3, 0.4) is 0 Å². The van der Waals surface area contributed by atoms with Crippen LogP contribution in [0, 0.1) is 11.8 Å². The van der Waals surface area contributed by atoms with Crippen molar-refractivity contribution in [3.63, 3.8) is 0 Å². The number of rotatable bonds is 11. The Labute approximate surface area is 266 Å². The molecule has 0 spiro atoms. The van der Waals surface area contributed by atoms with Crippen molar-refractivity contribution in [2.45, 2.75) is 55.2 Å². The van der Waals surface area contributed by atoms with Crippen molar-refractivity contribution >= 4 is 52.6 Å². The zero-order valence-electron chi connectivity index (χ0n) is 24.5. The molecule has 1 saturated heterocycles. The van der Waals surface area contributed by atoms with Gasteiger partial charge in [0.2, 0.25) is 17.7 Å². The number of hydrogen-bond acceptors (Lipinski definition) is 5. The fraction of sp³-hybridized carbons (Fsp3) is 0.371. The third-order valence-corrected chi connectivity index (χ3v) is 10.4. The molecule has 1 aliphatic heterocycles. The highest BCUT2D eigenvalue weighted by Gasteiger charge is 2.72. The highest BCUT2D eigenvalue weighted by atomic mass is 35.5. The average molecular weight is 634 g/mol. The van der Waals surface area contributed by atoms with E-state index in [2.05, 4.69) is 5.32 Å². The fourth-order valence-electron chi connectivity index (χ4n) is 6.98. The van der Waals surface area contributed by atoms with Crippen LogP contribution in [-0.4, -0.2) is 41.7 Å². The largest absolute Gasteiger partial charge is 0.462 e.